The Balaban J connectivity index is 2.19. The first-order valence-electron chi connectivity index (χ1n) is 6.50. The van der Waals surface area contributed by atoms with Gasteiger partial charge in [-0.2, -0.15) is 4.31 Å². The lowest BCUT2D eigenvalue weighted by atomic mass is 10.3. The second-order valence-corrected chi connectivity index (χ2v) is 9.18. The highest BCUT2D eigenvalue weighted by molar-refractivity contribution is 7.89. The van der Waals surface area contributed by atoms with E-state index in [9.17, 15) is 8.42 Å². The minimum atomic E-state index is -3.23. The van der Waals surface area contributed by atoms with E-state index < -0.39 is 10.0 Å². The van der Waals surface area contributed by atoms with Gasteiger partial charge in [0.15, 0.2) is 0 Å². The maximum Gasteiger partial charge on any atom is 0.215 e. The summed E-state index contributed by atoms with van der Waals surface area (Å²) in [5.74, 6) is 0.332. The van der Waals surface area contributed by atoms with Crippen molar-refractivity contribution in [3.63, 3.8) is 0 Å². The van der Waals surface area contributed by atoms with Gasteiger partial charge in [0.2, 0.25) is 10.0 Å². The summed E-state index contributed by atoms with van der Waals surface area (Å²) in [6.45, 7) is 4.80. The first-order valence-corrected chi connectivity index (χ1v) is 9.87. The first kappa shape index (κ1) is 15.7. The van der Waals surface area contributed by atoms with E-state index in [0.717, 1.165) is 9.75 Å². The third-order valence-electron chi connectivity index (χ3n) is 2.76. The largest absolute Gasteiger partial charge is 0.215 e. The van der Waals surface area contributed by atoms with E-state index in [4.69, 9.17) is 0 Å². The number of sulfonamides is 1. The SMILES string of the molecule is CC(C)CS(=O)(=O)N(Cc1cccs1)Cc1cccs1. The van der Waals surface area contributed by atoms with Crippen LogP contribution in [0.2, 0.25) is 0 Å². The molecule has 3 nitrogen and oxygen atoms in total. The van der Waals surface area contributed by atoms with Crippen molar-refractivity contribution in [3.8, 4) is 0 Å². The van der Waals surface area contributed by atoms with E-state index >= 15 is 0 Å². The molecule has 6 heteroatoms. The molecule has 0 aromatic carbocycles. The van der Waals surface area contributed by atoms with Crippen LogP contribution in [0.5, 0.6) is 0 Å². The normalized spacial score (nSPS) is 12.4. The second-order valence-electron chi connectivity index (χ2n) is 5.10. The van der Waals surface area contributed by atoms with Crippen molar-refractivity contribution in [3.05, 3.63) is 44.8 Å². The summed E-state index contributed by atoms with van der Waals surface area (Å²) in [6.07, 6.45) is 0. The van der Waals surface area contributed by atoms with Crippen molar-refractivity contribution in [2.75, 3.05) is 5.75 Å². The summed E-state index contributed by atoms with van der Waals surface area (Å²) >= 11 is 3.19. The Kier molecular flexibility index (Phi) is 5.37. The van der Waals surface area contributed by atoms with Gasteiger partial charge in [-0.25, -0.2) is 8.42 Å². The zero-order chi connectivity index (χ0) is 14.6. The zero-order valence-electron chi connectivity index (χ0n) is 11.7. The molecular formula is C14H19NO2S3. The van der Waals surface area contributed by atoms with Crippen molar-refractivity contribution < 1.29 is 8.42 Å². The molecule has 0 aliphatic heterocycles. The topological polar surface area (TPSA) is 37.4 Å². The molecule has 0 radical (unpaired) electrons. The fourth-order valence-electron chi connectivity index (χ4n) is 1.93. The van der Waals surface area contributed by atoms with Gasteiger partial charge < -0.3 is 0 Å². The van der Waals surface area contributed by atoms with Crippen LogP contribution in [0.25, 0.3) is 0 Å². The van der Waals surface area contributed by atoms with Crippen LogP contribution >= 0.6 is 22.7 Å². The van der Waals surface area contributed by atoms with Crippen molar-refractivity contribution >= 4 is 32.7 Å². The number of nitrogens with zero attached hydrogens (tertiary/aromatic N) is 1. The van der Waals surface area contributed by atoms with Crippen LogP contribution in [-0.4, -0.2) is 18.5 Å². The molecule has 0 bridgehead atoms. The Morgan fingerprint density at radius 2 is 1.55 bits per heavy atom. The lowest BCUT2D eigenvalue weighted by Crippen LogP contribution is -2.33. The van der Waals surface area contributed by atoms with E-state index in [-0.39, 0.29) is 11.7 Å². The Morgan fingerprint density at radius 1 is 1.05 bits per heavy atom. The van der Waals surface area contributed by atoms with Crippen molar-refractivity contribution in [1.82, 2.24) is 4.31 Å². The van der Waals surface area contributed by atoms with Gasteiger partial charge in [-0.1, -0.05) is 26.0 Å². The Bertz CT molecular complexity index is 565. The minimum absolute atomic E-state index is 0.133. The summed E-state index contributed by atoms with van der Waals surface area (Å²) < 4.78 is 26.7. The number of hydrogen-bond donors (Lipinski definition) is 0. The summed E-state index contributed by atoms with van der Waals surface area (Å²) in [5, 5.41) is 3.96. The average Bonchev–Trinajstić information content (AvgIpc) is 2.98. The summed E-state index contributed by atoms with van der Waals surface area (Å²) in [6, 6.07) is 7.88. The van der Waals surface area contributed by atoms with E-state index in [1.165, 1.54) is 0 Å². The monoisotopic (exact) mass is 329 g/mol. The van der Waals surface area contributed by atoms with Crippen LogP contribution in [0.3, 0.4) is 0 Å². The van der Waals surface area contributed by atoms with Crippen molar-refractivity contribution in [1.29, 1.82) is 0 Å². The molecule has 0 saturated heterocycles. The summed E-state index contributed by atoms with van der Waals surface area (Å²) in [5.41, 5.74) is 0. The molecular weight excluding hydrogens is 310 g/mol. The maximum atomic E-state index is 12.5. The van der Waals surface area contributed by atoms with Crippen LogP contribution in [0, 0.1) is 5.92 Å². The molecule has 0 aliphatic carbocycles. The molecule has 2 heterocycles. The molecule has 2 aromatic heterocycles. The molecule has 2 rings (SSSR count). The molecule has 0 amide bonds. The summed E-state index contributed by atoms with van der Waals surface area (Å²) in [7, 11) is -3.23. The molecule has 0 fully saturated rings. The molecule has 2 aromatic rings. The smallest absolute Gasteiger partial charge is 0.212 e. The highest BCUT2D eigenvalue weighted by Gasteiger charge is 2.24. The quantitative estimate of drug-likeness (QED) is 0.775. The fraction of sp³-hybridized carbons (Fsp3) is 0.429. The Morgan fingerprint density at radius 3 is 1.90 bits per heavy atom. The van der Waals surface area contributed by atoms with Crippen LogP contribution in [-0.2, 0) is 23.1 Å². The highest BCUT2D eigenvalue weighted by atomic mass is 32.2. The predicted octanol–water partition coefficient (Wildman–Crippen LogP) is 3.80. The lowest BCUT2D eigenvalue weighted by Gasteiger charge is -2.22. The van der Waals surface area contributed by atoms with Crippen LogP contribution in [0.1, 0.15) is 23.6 Å². The lowest BCUT2D eigenvalue weighted by molar-refractivity contribution is 0.402. The van der Waals surface area contributed by atoms with Crippen LogP contribution < -0.4 is 0 Å². The van der Waals surface area contributed by atoms with Gasteiger partial charge in [-0.3, -0.25) is 0 Å². The fourth-order valence-corrected chi connectivity index (χ4v) is 5.26. The molecule has 0 atom stereocenters. The molecule has 20 heavy (non-hydrogen) atoms. The zero-order valence-corrected chi connectivity index (χ0v) is 14.1. The van der Waals surface area contributed by atoms with Crippen molar-refractivity contribution in [2.45, 2.75) is 26.9 Å². The first-order chi connectivity index (χ1) is 9.47. The standard InChI is InChI=1S/C14H19NO2S3/c1-12(2)11-20(16,17)15(9-13-5-3-7-18-13)10-14-6-4-8-19-14/h3-8,12H,9-11H2,1-2H3. The summed E-state index contributed by atoms with van der Waals surface area (Å²) in [4.78, 5) is 2.16. The number of hydrogen-bond acceptors (Lipinski definition) is 4. The molecule has 0 saturated carbocycles. The van der Waals surface area contributed by atoms with Crippen LogP contribution in [0.15, 0.2) is 35.0 Å². The van der Waals surface area contributed by atoms with E-state index in [1.807, 2.05) is 48.9 Å². The third kappa shape index (κ3) is 4.41. The van der Waals surface area contributed by atoms with E-state index in [1.54, 1.807) is 27.0 Å². The van der Waals surface area contributed by atoms with E-state index in [2.05, 4.69) is 0 Å². The molecule has 0 spiro atoms. The average molecular weight is 330 g/mol. The number of rotatable bonds is 7. The van der Waals surface area contributed by atoms with Crippen molar-refractivity contribution in [2.24, 2.45) is 5.92 Å². The Labute approximate surface area is 128 Å². The molecule has 110 valence electrons. The van der Waals surface area contributed by atoms with Gasteiger partial charge in [-0.05, 0) is 28.8 Å². The van der Waals surface area contributed by atoms with Gasteiger partial charge in [0, 0.05) is 22.8 Å². The third-order valence-corrected chi connectivity index (χ3v) is 6.62. The van der Waals surface area contributed by atoms with E-state index in [0.29, 0.717) is 13.1 Å². The minimum Gasteiger partial charge on any atom is -0.212 e. The maximum absolute atomic E-state index is 12.5. The number of thiophene rings is 2. The van der Waals surface area contributed by atoms with Gasteiger partial charge in [0.25, 0.3) is 0 Å². The molecule has 0 N–H and O–H groups in total. The van der Waals surface area contributed by atoms with Gasteiger partial charge in [-0.15, -0.1) is 22.7 Å². The van der Waals surface area contributed by atoms with Crippen LogP contribution in [0.4, 0.5) is 0 Å². The van der Waals surface area contributed by atoms with Gasteiger partial charge in [0.05, 0.1) is 5.75 Å². The molecule has 0 unspecified atom stereocenters. The second kappa shape index (κ2) is 6.85. The van der Waals surface area contributed by atoms with Gasteiger partial charge in [0.1, 0.15) is 0 Å². The predicted molar refractivity (Wildman–Crippen MR) is 86.5 cm³/mol. The van der Waals surface area contributed by atoms with Gasteiger partial charge >= 0.3 is 0 Å². The Hall–Kier alpha value is -0.690. The highest BCUT2D eigenvalue weighted by Crippen LogP contribution is 2.21. The molecule has 0 aliphatic rings.